The monoisotopic (exact) mass is 1070 g/mol. The first kappa shape index (κ1) is 52.1. The molecule has 16 aliphatic heterocycles. The molecule has 16 aliphatic rings. The van der Waals surface area contributed by atoms with Gasteiger partial charge in [-0.3, -0.25) is 0 Å². The molecule has 22 rings (SSSR count). The minimum absolute atomic E-state index is 0.0394. The highest BCUT2D eigenvalue weighted by atomic mass is 32.2. The molecule has 0 saturated heterocycles. The summed E-state index contributed by atoms with van der Waals surface area (Å²) in [4.78, 5) is -4.90. The first-order chi connectivity index (χ1) is 33.1. The SMILES string of the molecule is CCCOc1cc2c(OCCC)cc1S(=O)(=O)c1ccc(cc1)S(=O)(=O)c1ccc(cc1)S(=O)(=O)c1cc(OCCC)c(cc1OCCC)S(=O)(=O)c1ccc(cc1)S(=O)(=O)c1ccc(cc1)S2(=O)=O. The zero-order chi connectivity index (χ0) is 50.9. The fraction of sp³-hybridized carbons (Fsp3) is 0.250. The summed E-state index contributed by atoms with van der Waals surface area (Å²) in [6.45, 7) is 6.82. The second-order valence-corrected chi connectivity index (χ2v) is 27.4. The van der Waals surface area contributed by atoms with E-state index in [1.807, 2.05) is 0 Å². The second kappa shape index (κ2) is 20.1. The Morgan fingerprint density at radius 3 is 0.543 bits per heavy atom. The average Bonchev–Trinajstić information content (AvgIpc) is 3.35. The van der Waals surface area contributed by atoms with Crippen molar-refractivity contribution in [2.24, 2.45) is 0 Å². The molecule has 0 amide bonds. The lowest BCUT2D eigenvalue weighted by atomic mass is 10.3. The van der Waals surface area contributed by atoms with Crippen molar-refractivity contribution in [3.8, 4) is 23.0 Å². The predicted molar refractivity (Wildman–Crippen MR) is 255 cm³/mol. The lowest BCUT2D eigenvalue weighted by molar-refractivity contribution is 0.295. The maximum atomic E-state index is 14.4. The van der Waals surface area contributed by atoms with Gasteiger partial charge in [-0.15, -0.1) is 0 Å². The molecule has 22 heteroatoms. The second-order valence-electron chi connectivity index (χ2n) is 15.8. The quantitative estimate of drug-likeness (QED) is 0.112. The Morgan fingerprint density at radius 1 is 0.257 bits per heavy atom. The molecule has 0 N–H and O–H groups in total. The molecule has 6 aromatic carbocycles. The Kier molecular flexibility index (Phi) is 15.0. The van der Waals surface area contributed by atoms with Gasteiger partial charge in [0.15, 0.2) is 0 Å². The fourth-order valence-corrected chi connectivity index (χ4v) is 15.3. The van der Waals surface area contributed by atoms with E-state index >= 15 is 0 Å². The highest BCUT2D eigenvalue weighted by Crippen LogP contribution is 2.43. The summed E-state index contributed by atoms with van der Waals surface area (Å²) in [7, 11) is -27.2. The minimum atomic E-state index is -4.60. The van der Waals surface area contributed by atoms with Gasteiger partial charge in [0.25, 0.3) is 0 Å². The Morgan fingerprint density at radius 2 is 0.400 bits per heavy atom. The van der Waals surface area contributed by atoms with Crippen LogP contribution in [0.5, 0.6) is 23.0 Å². The molecule has 16 heterocycles. The van der Waals surface area contributed by atoms with Crippen LogP contribution in [0.3, 0.4) is 0 Å². The summed E-state index contributed by atoms with van der Waals surface area (Å²) < 4.78 is 195. The Labute approximate surface area is 408 Å². The number of hydrogen-bond acceptors (Lipinski definition) is 16. The van der Waals surface area contributed by atoms with Gasteiger partial charge in [-0.05, 0) is 123 Å². The Hall–Kier alpha value is -5.78. The summed E-state index contributed by atoms with van der Waals surface area (Å²) in [5.74, 6) is -1.43. The molecule has 0 saturated carbocycles. The molecule has 6 aromatic rings. The van der Waals surface area contributed by atoms with Crippen LogP contribution in [0.25, 0.3) is 0 Å². The van der Waals surface area contributed by atoms with Crippen LogP contribution < -0.4 is 18.9 Å². The zero-order valence-corrected chi connectivity index (χ0v) is 43.1. The first-order valence-electron chi connectivity index (χ1n) is 21.8. The molecule has 70 heavy (non-hydrogen) atoms. The number of ether oxygens (including phenoxy) is 4. The van der Waals surface area contributed by atoms with Crippen molar-refractivity contribution >= 4 is 59.0 Å². The van der Waals surface area contributed by atoms with E-state index in [9.17, 15) is 50.5 Å². The first-order valence-corrected chi connectivity index (χ1v) is 30.7. The van der Waals surface area contributed by atoms with Crippen molar-refractivity contribution in [1.29, 1.82) is 0 Å². The topological polar surface area (TPSA) is 242 Å². The van der Waals surface area contributed by atoms with Crippen molar-refractivity contribution < 1.29 is 69.5 Å². The molecule has 0 fully saturated rings. The van der Waals surface area contributed by atoms with Crippen molar-refractivity contribution in [2.45, 2.75) is 112 Å². The zero-order valence-electron chi connectivity index (χ0n) is 38.2. The van der Waals surface area contributed by atoms with Gasteiger partial charge in [-0.2, -0.15) is 0 Å². The van der Waals surface area contributed by atoms with Crippen molar-refractivity contribution in [3.05, 3.63) is 121 Å². The summed E-state index contributed by atoms with van der Waals surface area (Å²) in [6.07, 6.45) is 1.56. The van der Waals surface area contributed by atoms with Gasteiger partial charge < -0.3 is 18.9 Å². The highest BCUT2D eigenvalue weighted by molar-refractivity contribution is 7.93. The summed E-state index contributed by atoms with van der Waals surface area (Å²) in [5.41, 5.74) is 0. The van der Waals surface area contributed by atoms with Gasteiger partial charge in [0, 0.05) is 24.3 Å². The number of rotatable bonds is 12. The smallest absolute Gasteiger partial charge is 0.210 e. The summed E-state index contributed by atoms with van der Waals surface area (Å²) in [5, 5.41) is 0. The maximum Gasteiger partial charge on any atom is 0.210 e. The van der Waals surface area contributed by atoms with Gasteiger partial charge >= 0.3 is 0 Å². The van der Waals surface area contributed by atoms with E-state index in [0.29, 0.717) is 25.7 Å². The Bertz CT molecular complexity index is 3160. The van der Waals surface area contributed by atoms with Crippen LogP contribution in [-0.2, 0) is 59.0 Å². The third-order valence-corrected chi connectivity index (χ3v) is 21.5. The number of hydrogen-bond donors (Lipinski definition) is 0. The number of benzene rings is 6. The van der Waals surface area contributed by atoms with Gasteiger partial charge in [0.1, 0.15) is 42.6 Å². The lowest BCUT2D eigenvalue weighted by Crippen LogP contribution is -2.12. The van der Waals surface area contributed by atoms with Gasteiger partial charge in [-0.1, -0.05) is 27.7 Å². The van der Waals surface area contributed by atoms with E-state index in [1.165, 1.54) is 0 Å². The van der Waals surface area contributed by atoms with Gasteiger partial charge in [0.05, 0.1) is 65.6 Å². The molecular formula is C48H48O16S6. The summed E-state index contributed by atoms with van der Waals surface area (Å²) in [6, 6.07) is 20.8. The van der Waals surface area contributed by atoms with Crippen LogP contribution in [0.1, 0.15) is 53.4 Å². The lowest BCUT2D eigenvalue weighted by Gasteiger charge is -2.18. The van der Waals surface area contributed by atoms with Crippen molar-refractivity contribution in [3.63, 3.8) is 0 Å². The van der Waals surface area contributed by atoms with Crippen molar-refractivity contribution in [2.75, 3.05) is 26.4 Å². The van der Waals surface area contributed by atoms with E-state index in [1.54, 1.807) is 27.7 Å². The van der Waals surface area contributed by atoms with Crippen LogP contribution in [-0.4, -0.2) is 76.9 Å². The molecule has 16 nitrogen and oxygen atoms in total. The van der Waals surface area contributed by atoms with E-state index in [-0.39, 0.29) is 88.6 Å². The van der Waals surface area contributed by atoms with Crippen LogP contribution >= 0.6 is 0 Å². The molecule has 0 unspecified atom stereocenters. The van der Waals surface area contributed by atoms with Crippen molar-refractivity contribution in [1.82, 2.24) is 0 Å². The van der Waals surface area contributed by atoms with Crippen LogP contribution in [0.4, 0.5) is 0 Å². The highest BCUT2D eigenvalue weighted by Gasteiger charge is 2.34. The molecule has 0 aromatic heterocycles. The normalized spacial score (nSPS) is 17.0. The third kappa shape index (κ3) is 9.80. The molecule has 0 atom stereocenters. The molecular weight excluding hydrogens is 1020 g/mol. The van der Waals surface area contributed by atoms with E-state index in [2.05, 4.69) is 0 Å². The number of sulfone groups is 6. The molecule has 0 spiro atoms. The molecule has 372 valence electrons. The van der Waals surface area contributed by atoms with Gasteiger partial charge in [-0.25, -0.2) is 50.5 Å². The van der Waals surface area contributed by atoms with E-state index < -0.39 is 78.6 Å². The van der Waals surface area contributed by atoms with Crippen LogP contribution in [0.2, 0.25) is 0 Å². The maximum absolute atomic E-state index is 14.4. The predicted octanol–water partition coefficient (Wildman–Crippen LogP) is 8.15. The summed E-state index contributed by atoms with van der Waals surface area (Å²) >= 11 is 0. The standard InChI is InChI=1S/C48H48O16S6/c1-5-25-61-41-29-46-42(62-26-6-2)30-45(41)67(53,54)37-17-9-33(10-18-37)65(49,50)35-13-21-39(22-14-35)69(57,58)47-31-44(64-28-8-4)48(32-43(47)63-27-7-3)70(59,60)40-23-15-36(16-24-40)66(51,52)34-11-19-38(20-12-34)68(46,55)56/h9-24,29-32H,5-8,25-28H2,1-4H3. The minimum Gasteiger partial charge on any atom is -0.492 e. The fourth-order valence-electron chi connectivity index (χ4n) is 7.16. The third-order valence-electron chi connectivity index (χ3n) is 10.8. The van der Waals surface area contributed by atoms with E-state index in [4.69, 9.17) is 18.9 Å². The van der Waals surface area contributed by atoms with E-state index in [0.717, 1.165) is 121 Å². The van der Waals surface area contributed by atoms with Crippen LogP contribution in [0, 0.1) is 0 Å². The Balaban J connectivity index is 1.47. The average molecular weight is 1070 g/mol. The molecule has 12 bridgehead atoms. The molecule has 0 radical (unpaired) electrons. The van der Waals surface area contributed by atoms with Gasteiger partial charge in [0.2, 0.25) is 59.0 Å². The van der Waals surface area contributed by atoms with Crippen LogP contribution in [0.15, 0.2) is 180 Å². The largest absolute Gasteiger partial charge is 0.492 e. The molecule has 0 aliphatic carbocycles.